The van der Waals surface area contributed by atoms with Crippen LogP contribution in [0.25, 0.3) is 0 Å². The number of aromatic nitrogens is 1. The van der Waals surface area contributed by atoms with E-state index < -0.39 is 28.9 Å². The van der Waals surface area contributed by atoms with Crippen molar-refractivity contribution in [3.8, 4) is 11.5 Å². The number of benzene rings is 2. The van der Waals surface area contributed by atoms with Crippen molar-refractivity contribution in [2.24, 2.45) is 0 Å². The van der Waals surface area contributed by atoms with Gasteiger partial charge in [0, 0.05) is 30.9 Å². The highest BCUT2D eigenvalue weighted by molar-refractivity contribution is 6.04. The van der Waals surface area contributed by atoms with Crippen LogP contribution >= 0.6 is 0 Å². The van der Waals surface area contributed by atoms with Crippen LogP contribution in [0.15, 0.2) is 54.7 Å². The van der Waals surface area contributed by atoms with Crippen LogP contribution in [-0.2, 0) is 4.79 Å². The van der Waals surface area contributed by atoms with Crippen LogP contribution < -0.4 is 15.4 Å². The molecule has 0 bridgehead atoms. The normalized spacial score (nSPS) is 10.3. The molecular formula is C20H14F3N3O3. The lowest BCUT2D eigenvalue weighted by atomic mass is 10.1. The molecule has 0 saturated carbocycles. The minimum absolute atomic E-state index is 0.0174. The topological polar surface area (TPSA) is 80.3 Å². The van der Waals surface area contributed by atoms with Gasteiger partial charge in [-0.3, -0.25) is 9.59 Å². The van der Waals surface area contributed by atoms with Crippen molar-refractivity contribution >= 4 is 23.3 Å². The minimum atomic E-state index is -1.05. The number of amides is 2. The number of anilines is 2. The van der Waals surface area contributed by atoms with Crippen LogP contribution in [0.3, 0.4) is 0 Å². The van der Waals surface area contributed by atoms with E-state index in [1.165, 1.54) is 37.4 Å². The first-order valence-corrected chi connectivity index (χ1v) is 8.30. The molecule has 3 rings (SSSR count). The molecule has 3 aromatic rings. The van der Waals surface area contributed by atoms with Crippen molar-refractivity contribution in [1.82, 2.24) is 4.98 Å². The van der Waals surface area contributed by atoms with Gasteiger partial charge in [-0.05, 0) is 30.3 Å². The monoisotopic (exact) mass is 401 g/mol. The number of nitrogens with zero attached hydrogens (tertiary/aromatic N) is 1. The molecule has 2 aromatic carbocycles. The van der Waals surface area contributed by atoms with E-state index in [2.05, 4.69) is 15.6 Å². The molecule has 0 fully saturated rings. The summed E-state index contributed by atoms with van der Waals surface area (Å²) in [5.74, 6) is -3.99. The summed E-state index contributed by atoms with van der Waals surface area (Å²) in [6.45, 7) is 1.31. The SMILES string of the molecule is CC(=O)Nc1cc(Oc2ccc(NC(=O)c3c(F)cccc3F)cc2F)ccn1. The summed E-state index contributed by atoms with van der Waals surface area (Å²) in [5, 5.41) is 4.70. The van der Waals surface area contributed by atoms with Crippen molar-refractivity contribution in [1.29, 1.82) is 0 Å². The third kappa shape index (κ3) is 4.89. The molecule has 0 aliphatic rings. The Labute approximate surface area is 163 Å². The Kier molecular flexibility index (Phi) is 5.77. The zero-order valence-electron chi connectivity index (χ0n) is 15.0. The van der Waals surface area contributed by atoms with E-state index in [9.17, 15) is 22.8 Å². The van der Waals surface area contributed by atoms with Gasteiger partial charge in [-0.2, -0.15) is 0 Å². The molecule has 9 heteroatoms. The molecule has 2 amide bonds. The van der Waals surface area contributed by atoms with E-state index in [1.807, 2.05) is 0 Å². The highest BCUT2D eigenvalue weighted by Crippen LogP contribution is 2.28. The molecule has 0 spiro atoms. The van der Waals surface area contributed by atoms with Gasteiger partial charge in [0.25, 0.3) is 5.91 Å². The molecule has 0 unspecified atom stereocenters. The summed E-state index contributed by atoms with van der Waals surface area (Å²) in [5.41, 5.74) is -0.785. The number of hydrogen-bond donors (Lipinski definition) is 2. The average Bonchev–Trinajstić information content (AvgIpc) is 2.63. The van der Waals surface area contributed by atoms with Crippen LogP contribution in [0.1, 0.15) is 17.3 Å². The zero-order valence-corrected chi connectivity index (χ0v) is 15.0. The fourth-order valence-corrected chi connectivity index (χ4v) is 2.42. The lowest BCUT2D eigenvalue weighted by Crippen LogP contribution is -2.16. The lowest BCUT2D eigenvalue weighted by Gasteiger charge is -2.11. The fourth-order valence-electron chi connectivity index (χ4n) is 2.42. The van der Waals surface area contributed by atoms with Gasteiger partial charge in [0.1, 0.15) is 28.8 Å². The van der Waals surface area contributed by atoms with Crippen molar-refractivity contribution in [3.63, 3.8) is 0 Å². The van der Waals surface area contributed by atoms with Crippen LogP contribution in [-0.4, -0.2) is 16.8 Å². The molecular weight excluding hydrogens is 387 g/mol. The Morgan fingerprint density at radius 1 is 0.931 bits per heavy atom. The number of ether oxygens (including phenoxy) is 1. The number of carbonyl (C=O) groups excluding carboxylic acids is 2. The second-order valence-electron chi connectivity index (χ2n) is 5.86. The van der Waals surface area contributed by atoms with E-state index in [0.29, 0.717) is 0 Å². The summed E-state index contributed by atoms with van der Waals surface area (Å²) in [6.07, 6.45) is 1.37. The summed E-state index contributed by atoms with van der Waals surface area (Å²) >= 11 is 0. The number of halogens is 3. The molecule has 29 heavy (non-hydrogen) atoms. The third-order valence-electron chi connectivity index (χ3n) is 3.64. The molecule has 1 aromatic heterocycles. The van der Waals surface area contributed by atoms with Gasteiger partial charge in [0.15, 0.2) is 11.6 Å². The van der Waals surface area contributed by atoms with Crippen LogP contribution in [0.2, 0.25) is 0 Å². The highest BCUT2D eigenvalue weighted by Gasteiger charge is 2.18. The van der Waals surface area contributed by atoms with Crippen LogP contribution in [0, 0.1) is 17.5 Å². The Morgan fingerprint density at radius 2 is 1.66 bits per heavy atom. The van der Waals surface area contributed by atoms with Crippen molar-refractivity contribution in [3.05, 3.63) is 77.7 Å². The fraction of sp³-hybridized carbons (Fsp3) is 0.0500. The Balaban J connectivity index is 1.75. The lowest BCUT2D eigenvalue weighted by molar-refractivity contribution is -0.114. The van der Waals surface area contributed by atoms with Crippen molar-refractivity contribution in [2.75, 3.05) is 10.6 Å². The molecule has 6 nitrogen and oxygen atoms in total. The van der Waals surface area contributed by atoms with Gasteiger partial charge < -0.3 is 15.4 Å². The maximum absolute atomic E-state index is 14.3. The molecule has 0 radical (unpaired) electrons. The van der Waals surface area contributed by atoms with E-state index in [-0.39, 0.29) is 28.9 Å². The predicted octanol–water partition coefficient (Wildman–Crippen LogP) is 4.50. The third-order valence-corrected chi connectivity index (χ3v) is 3.64. The Morgan fingerprint density at radius 3 is 2.31 bits per heavy atom. The predicted molar refractivity (Wildman–Crippen MR) is 99.3 cm³/mol. The second-order valence-corrected chi connectivity index (χ2v) is 5.86. The molecule has 0 atom stereocenters. The Bertz CT molecular complexity index is 1070. The number of hydrogen-bond acceptors (Lipinski definition) is 4. The molecule has 1 heterocycles. The maximum atomic E-state index is 14.3. The highest BCUT2D eigenvalue weighted by atomic mass is 19.1. The quantitative estimate of drug-likeness (QED) is 0.660. The van der Waals surface area contributed by atoms with E-state index in [1.54, 1.807) is 0 Å². The standard InChI is InChI=1S/C20H14F3N3O3/c1-11(27)25-18-10-13(7-8-24-18)29-17-6-5-12(9-16(17)23)26-20(28)19-14(21)3-2-4-15(19)22/h2-10H,1H3,(H,26,28)(H,24,25,27). The van der Waals surface area contributed by atoms with E-state index in [4.69, 9.17) is 4.74 Å². The molecule has 2 N–H and O–H groups in total. The van der Waals surface area contributed by atoms with Gasteiger partial charge in [-0.1, -0.05) is 6.07 Å². The van der Waals surface area contributed by atoms with Gasteiger partial charge in [-0.25, -0.2) is 18.2 Å². The molecule has 0 saturated heterocycles. The van der Waals surface area contributed by atoms with Gasteiger partial charge in [0.05, 0.1) is 0 Å². The summed E-state index contributed by atoms with van der Waals surface area (Å²) < 4.78 is 47.1. The number of pyridine rings is 1. The number of nitrogens with one attached hydrogen (secondary N) is 2. The number of rotatable bonds is 5. The van der Waals surface area contributed by atoms with Gasteiger partial charge in [-0.15, -0.1) is 0 Å². The largest absolute Gasteiger partial charge is 0.454 e. The average molecular weight is 401 g/mol. The van der Waals surface area contributed by atoms with Gasteiger partial charge >= 0.3 is 0 Å². The molecule has 0 aliphatic heterocycles. The van der Waals surface area contributed by atoms with E-state index in [0.717, 1.165) is 24.3 Å². The summed E-state index contributed by atoms with van der Waals surface area (Å²) in [6, 6.07) is 9.37. The minimum Gasteiger partial charge on any atom is -0.454 e. The van der Waals surface area contributed by atoms with Crippen LogP contribution in [0.5, 0.6) is 11.5 Å². The Hall–Kier alpha value is -3.88. The van der Waals surface area contributed by atoms with Gasteiger partial charge in [0.2, 0.25) is 5.91 Å². The molecule has 148 valence electrons. The second kappa shape index (κ2) is 8.42. The summed E-state index contributed by atoms with van der Waals surface area (Å²) in [7, 11) is 0. The summed E-state index contributed by atoms with van der Waals surface area (Å²) in [4.78, 5) is 27.1. The zero-order chi connectivity index (χ0) is 21.0. The van der Waals surface area contributed by atoms with Crippen LogP contribution in [0.4, 0.5) is 24.7 Å². The smallest absolute Gasteiger partial charge is 0.261 e. The van der Waals surface area contributed by atoms with Crippen molar-refractivity contribution < 1.29 is 27.5 Å². The maximum Gasteiger partial charge on any atom is 0.261 e. The first-order chi connectivity index (χ1) is 13.8. The molecule has 0 aliphatic carbocycles. The number of carbonyl (C=O) groups is 2. The first kappa shape index (κ1) is 19.9. The van der Waals surface area contributed by atoms with Crippen molar-refractivity contribution in [2.45, 2.75) is 6.92 Å². The first-order valence-electron chi connectivity index (χ1n) is 8.30. The van der Waals surface area contributed by atoms with E-state index >= 15 is 0 Å².